The summed E-state index contributed by atoms with van der Waals surface area (Å²) in [6.07, 6.45) is 0.874. The highest BCUT2D eigenvalue weighted by atomic mass is 16.5. The molecular formula is C31H39N3O7. The number of aliphatic hydroxyl groups is 1. The lowest BCUT2D eigenvalue weighted by atomic mass is 9.62. The Kier molecular flexibility index (Phi) is 7.74. The van der Waals surface area contributed by atoms with Crippen molar-refractivity contribution in [1.82, 2.24) is 4.90 Å². The Morgan fingerprint density at radius 3 is 2.17 bits per heavy atom. The second-order valence-electron chi connectivity index (χ2n) is 11.4. The highest BCUT2D eigenvalue weighted by Gasteiger charge is 2.80. The zero-order valence-electron chi connectivity index (χ0n) is 24.2. The second kappa shape index (κ2) is 11.0. The number of rotatable bonds is 10. The van der Waals surface area contributed by atoms with Crippen LogP contribution in [0.5, 0.6) is 11.5 Å². The van der Waals surface area contributed by atoms with Crippen molar-refractivity contribution in [2.45, 2.75) is 63.8 Å². The van der Waals surface area contributed by atoms with Gasteiger partial charge in [-0.15, -0.1) is 0 Å². The molecule has 2 bridgehead atoms. The van der Waals surface area contributed by atoms with Gasteiger partial charge in [0.25, 0.3) is 0 Å². The number of nitrogens with zero attached hydrogens (tertiary/aromatic N) is 1. The van der Waals surface area contributed by atoms with E-state index in [1.54, 1.807) is 55.6 Å². The molecule has 3 amide bonds. The van der Waals surface area contributed by atoms with Gasteiger partial charge in [0.2, 0.25) is 17.7 Å². The Labute approximate surface area is 240 Å². The fraction of sp³-hybridized carbons (Fsp3) is 0.516. The molecule has 0 saturated carbocycles. The van der Waals surface area contributed by atoms with Crippen molar-refractivity contribution >= 4 is 29.1 Å². The summed E-state index contributed by atoms with van der Waals surface area (Å²) in [6.45, 7) is 7.84. The molecule has 10 nitrogen and oxygen atoms in total. The van der Waals surface area contributed by atoms with Crippen LogP contribution in [0.2, 0.25) is 0 Å². The van der Waals surface area contributed by atoms with Crippen LogP contribution in [0.1, 0.15) is 40.5 Å². The van der Waals surface area contributed by atoms with Crippen LogP contribution in [-0.4, -0.2) is 71.3 Å². The van der Waals surface area contributed by atoms with Gasteiger partial charge in [0, 0.05) is 11.4 Å². The largest absolute Gasteiger partial charge is 0.497 e. The van der Waals surface area contributed by atoms with Crippen molar-refractivity contribution in [2.24, 2.45) is 17.8 Å². The molecule has 220 valence electrons. The van der Waals surface area contributed by atoms with E-state index in [4.69, 9.17) is 14.2 Å². The zero-order valence-corrected chi connectivity index (χ0v) is 24.2. The summed E-state index contributed by atoms with van der Waals surface area (Å²) >= 11 is 0. The van der Waals surface area contributed by atoms with E-state index in [9.17, 15) is 19.5 Å². The summed E-state index contributed by atoms with van der Waals surface area (Å²) in [6, 6.07) is 12.4. The third-order valence-electron chi connectivity index (χ3n) is 9.15. The maximum Gasteiger partial charge on any atom is 0.250 e. The van der Waals surface area contributed by atoms with Crippen LogP contribution in [-0.2, 0) is 19.1 Å². The van der Waals surface area contributed by atoms with Crippen LogP contribution in [0.15, 0.2) is 48.5 Å². The zero-order chi connectivity index (χ0) is 29.5. The van der Waals surface area contributed by atoms with Gasteiger partial charge >= 0.3 is 0 Å². The van der Waals surface area contributed by atoms with Gasteiger partial charge in [0.05, 0.1) is 43.8 Å². The highest BCUT2D eigenvalue weighted by Crippen LogP contribution is 2.65. The Morgan fingerprint density at radius 2 is 1.63 bits per heavy atom. The number of nitrogens with one attached hydrogen (secondary N) is 2. The first-order valence-corrected chi connectivity index (χ1v) is 14.2. The lowest BCUT2D eigenvalue weighted by Gasteiger charge is -2.36. The molecule has 0 aromatic heterocycles. The molecule has 3 fully saturated rings. The van der Waals surface area contributed by atoms with E-state index < -0.39 is 41.0 Å². The van der Waals surface area contributed by atoms with Crippen LogP contribution in [0.4, 0.5) is 11.4 Å². The number of amides is 3. The molecule has 3 aliphatic heterocycles. The predicted molar refractivity (Wildman–Crippen MR) is 153 cm³/mol. The van der Waals surface area contributed by atoms with Gasteiger partial charge in [0.15, 0.2) is 0 Å². The Bertz CT molecular complexity index is 1300. The number of fused-ring (bicyclic) bond motifs is 1. The molecule has 0 radical (unpaired) electrons. The van der Waals surface area contributed by atoms with E-state index in [0.29, 0.717) is 42.3 Å². The topological polar surface area (TPSA) is 126 Å². The molecule has 3 unspecified atom stereocenters. The number of carbonyl (C=O) groups excluding carboxylic acids is 3. The van der Waals surface area contributed by atoms with Crippen LogP contribution in [0, 0.1) is 17.8 Å². The molecule has 1 spiro atoms. The number of anilines is 2. The van der Waals surface area contributed by atoms with Crippen molar-refractivity contribution < 1.29 is 33.7 Å². The number of hydrogen-bond acceptors (Lipinski definition) is 7. The number of methoxy groups -OCH3 is 1. The molecule has 3 aliphatic rings. The lowest BCUT2D eigenvalue weighted by molar-refractivity contribution is -0.148. The first kappa shape index (κ1) is 28.9. The third kappa shape index (κ3) is 4.63. The first-order valence-electron chi connectivity index (χ1n) is 14.2. The Morgan fingerprint density at radius 1 is 1.05 bits per heavy atom. The van der Waals surface area contributed by atoms with Gasteiger partial charge in [-0.2, -0.15) is 0 Å². The minimum Gasteiger partial charge on any atom is -0.497 e. The number of hydrogen-bond donors (Lipinski definition) is 3. The molecule has 2 aromatic carbocycles. The van der Waals surface area contributed by atoms with Gasteiger partial charge in [-0.25, -0.2) is 0 Å². The van der Waals surface area contributed by atoms with Crippen LogP contribution < -0.4 is 20.1 Å². The number of carbonyl (C=O) groups is 3. The maximum absolute atomic E-state index is 14.3. The van der Waals surface area contributed by atoms with Crippen molar-refractivity contribution in [2.75, 3.05) is 31.0 Å². The highest BCUT2D eigenvalue weighted by molar-refractivity contribution is 6.05. The fourth-order valence-corrected chi connectivity index (χ4v) is 7.09. The van der Waals surface area contributed by atoms with Gasteiger partial charge in [-0.1, -0.05) is 13.8 Å². The summed E-state index contributed by atoms with van der Waals surface area (Å²) in [5.74, 6) is -1.57. The lowest BCUT2D eigenvalue weighted by Crippen LogP contribution is -2.56. The predicted octanol–water partition coefficient (Wildman–Crippen LogP) is 3.45. The summed E-state index contributed by atoms with van der Waals surface area (Å²) in [7, 11) is 1.56. The molecule has 5 rings (SSSR count). The average Bonchev–Trinajstić information content (AvgIpc) is 3.48. The number of ether oxygens (including phenoxy) is 3. The van der Waals surface area contributed by atoms with Gasteiger partial charge < -0.3 is 34.9 Å². The SMILES string of the molecule is CCOc1ccc(NC(=O)[C@@H]2[C@H]3C(=O)N([C@@H](CC)CO)C(C(=O)Nc4ccc(OC)cc4)C34CC(C)[C@@]2(C)O4)cc1. The molecule has 0 aliphatic carbocycles. The van der Waals surface area contributed by atoms with Gasteiger partial charge in [-0.3, -0.25) is 14.4 Å². The third-order valence-corrected chi connectivity index (χ3v) is 9.15. The van der Waals surface area contributed by atoms with E-state index in [1.165, 1.54) is 4.90 Å². The summed E-state index contributed by atoms with van der Waals surface area (Å²) < 4.78 is 17.5. The number of aliphatic hydroxyl groups excluding tert-OH is 1. The summed E-state index contributed by atoms with van der Waals surface area (Å²) in [4.78, 5) is 43.7. The normalized spacial score (nSPS) is 30.6. The van der Waals surface area contributed by atoms with Crippen LogP contribution in [0.25, 0.3) is 0 Å². The average molecular weight is 566 g/mol. The quantitative estimate of drug-likeness (QED) is 0.403. The van der Waals surface area contributed by atoms with Crippen molar-refractivity contribution in [1.29, 1.82) is 0 Å². The van der Waals surface area contributed by atoms with E-state index >= 15 is 0 Å². The summed E-state index contributed by atoms with van der Waals surface area (Å²) in [5.41, 5.74) is -1.06. The molecule has 41 heavy (non-hydrogen) atoms. The van der Waals surface area contributed by atoms with Gasteiger partial charge in [-0.05, 0) is 81.1 Å². The fourth-order valence-electron chi connectivity index (χ4n) is 7.09. The molecule has 3 N–H and O–H groups in total. The summed E-state index contributed by atoms with van der Waals surface area (Å²) in [5, 5.41) is 16.2. The molecule has 3 heterocycles. The van der Waals surface area contributed by atoms with Crippen molar-refractivity contribution in [3.8, 4) is 11.5 Å². The second-order valence-corrected chi connectivity index (χ2v) is 11.4. The molecule has 3 saturated heterocycles. The van der Waals surface area contributed by atoms with E-state index in [1.807, 2.05) is 27.7 Å². The molecule has 2 aromatic rings. The molecule has 10 heteroatoms. The standard InChI is InChI=1S/C31H39N3O7/c1-6-21(17-35)34-26(28(37)33-20-8-12-22(39-5)13-9-20)31-16-18(3)30(4,41-31)24(25(31)29(34)38)27(36)32-19-10-14-23(15-11-19)40-7-2/h8-15,18,21,24-26,35H,6-7,16-17H2,1-5H3,(H,32,36)(H,33,37)/t18?,21-,24-,25-,26?,30+,31?/m0/s1. The van der Waals surface area contributed by atoms with E-state index in [-0.39, 0.29) is 24.3 Å². The molecule has 7 atom stereocenters. The Balaban J connectivity index is 1.50. The minimum absolute atomic E-state index is 0.104. The number of likely N-dealkylation sites (tertiary alicyclic amines) is 1. The first-order chi connectivity index (χ1) is 19.6. The smallest absolute Gasteiger partial charge is 0.250 e. The number of benzene rings is 2. The van der Waals surface area contributed by atoms with Crippen LogP contribution >= 0.6 is 0 Å². The van der Waals surface area contributed by atoms with Crippen molar-refractivity contribution in [3.63, 3.8) is 0 Å². The van der Waals surface area contributed by atoms with Gasteiger partial charge in [0.1, 0.15) is 23.1 Å². The monoisotopic (exact) mass is 565 g/mol. The van der Waals surface area contributed by atoms with Crippen LogP contribution in [0.3, 0.4) is 0 Å². The van der Waals surface area contributed by atoms with E-state index in [0.717, 1.165) is 0 Å². The minimum atomic E-state index is -1.22. The Hall–Kier alpha value is -3.63. The molecular weight excluding hydrogens is 526 g/mol. The van der Waals surface area contributed by atoms with E-state index in [2.05, 4.69) is 10.6 Å². The van der Waals surface area contributed by atoms with Crippen molar-refractivity contribution in [3.05, 3.63) is 48.5 Å². The maximum atomic E-state index is 14.3.